The van der Waals surface area contributed by atoms with Crippen LogP contribution in [0, 0.1) is 20.9 Å². The van der Waals surface area contributed by atoms with Crippen molar-refractivity contribution in [3.05, 3.63) is 54.2 Å². The molecular weight excluding hydrogens is 958 g/mol. The third-order valence-electron chi connectivity index (χ3n) is 9.29. The van der Waals surface area contributed by atoms with Crippen molar-refractivity contribution in [3.8, 4) is 20.9 Å². The second kappa shape index (κ2) is 24.5. The molecule has 0 nitrogen and oxygen atoms in total. The van der Waals surface area contributed by atoms with Gasteiger partial charge >= 0.3 is 0 Å². The van der Waals surface area contributed by atoms with Crippen molar-refractivity contribution in [2.45, 2.75) is 136 Å². The molecule has 2 aliphatic rings. The normalized spacial score (nSPS) is 12.2. The Morgan fingerprint density at radius 1 is 0.519 bits per heavy atom. The van der Waals surface area contributed by atoms with E-state index in [-0.39, 0.29) is 92.4 Å². The molecule has 0 spiro atoms. The first-order valence-electron chi connectivity index (χ1n) is 16.4. The van der Waals surface area contributed by atoms with Gasteiger partial charge in [0.2, 0.25) is 0 Å². The third kappa shape index (κ3) is 11.0. The van der Waals surface area contributed by atoms with E-state index in [2.05, 4.69) is 74.2 Å². The van der Waals surface area contributed by atoms with Crippen LogP contribution in [-0.2, 0) is 12.8 Å². The Balaban J connectivity index is 0. The zero-order valence-corrected chi connectivity index (χ0v) is 37.7. The summed E-state index contributed by atoms with van der Waals surface area (Å²) in [4.78, 5) is 5.91. The number of hydrogen-bond acceptors (Lipinski definition) is 4. The van der Waals surface area contributed by atoms with E-state index in [1.807, 2.05) is 45.3 Å². The number of benzene rings is 1. The van der Waals surface area contributed by atoms with Gasteiger partial charge in [0.1, 0.15) is 0 Å². The van der Waals surface area contributed by atoms with E-state index in [4.69, 9.17) is 0 Å². The first-order valence-corrected chi connectivity index (χ1v) is 21.3. The quantitative estimate of drug-likeness (QED) is 0.0752. The Morgan fingerprint density at radius 3 is 1.21 bits per heavy atom. The van der Waals surface area contributed by atoms with Gasteiger partial charge in [-0.15, -0.1) is 45.3 Å². The van der Waals surface area contributed by atoms with E-state index in [0.717, 1.165) is 11.8 Å². The molecule has 0 saturated heterocycles. The van der Waals surface area contributed by atoms with Crippen LogP contribution in [0.1, 0.15) is 145 Å². The van der Waals surface area contributed by atoms with Gasteiger partial charge in [-0.05, 0) is 48.9 Å². The van der Waals surface area contributed by atoms with Gasteiger partial charge in [0.15, 0.2) is 0 Å². The Morgan fingerprint density at radius 2 is 0.885 bits per heavy atom. The minimum absolute atomic E-state index is 0. The van der Waals surface area contributed by atoms with Crippen molar-refractivity contribution in [1.29, 1.82) is 0 Å². The molecule has 8 radical (unpaired) electrons. The molecule has 8 heteroatoms. The number of thiophene rings is 4. The summed E-state index contributed by atoms with van der Waals surface area (Å²) >= 11 is 8.00. The number of hydrogen-bond donors (Lipinski definition) is 0. The summed E-state index contributed by atoms with van der Waals surface area (Å²) in [6.07, 6.45) is 17.5. The average molecular weight is 1020 g/mol. The summed E-state index contributed by atoms with van der Waals surface area (Å²) in [5.74, 6) is 1.63. The molecule has 0 aliphatic carbocycles. The van der Waals surface area contributed by atoms with Crippen LogP contribution in [0.15, 0.2) is 24.3 Å². The maximum absolute atomic E-state index is 3.54. The standard InChI is InChI=1S/C38H40S6.6CH4.2Sn/c1-5-9-11-23(7-3)17-25-19-29-31(41-25)21-33(43-29)35-27-13-15-40-38(27)36(28-14-16-39-37(28)35)34-22-32-30(44-34)20-26(42-32)18-24(8-4)12-10-6-2;;;;;;;;/h13-14,19-24H,5-12,17-18H2,1-4H3;6*1H4;;. The van der Waals surface area contributed by atoms with Crippen molar-refractivity contribution in [3.63, 3.8) is 0 Å². The maximum Gasteiger partial charge on any atom is 0.0533 e. The predicted octanol–water partition coefficient (Wildman–Crippen LogP) is 17.0. The van der Waals surface area contributed by atoms with Gasteiger partial charge < -0.3 is 0 Å². The molecule has 5 aromatic rings. The number of rotatable bonds is 14. The monoisotopic (exact) mass is 1020 g/mol. The zero-order chi connectivity index (χ0) is 30.2. The molecular formula is C44H64S6Sn2. The van der Waals surface area contributed by atoms with Gasteiger partial charge in [-0.25, -0.2) is 0 Å². The summed E-state index contributed by atoms with van der Waals surface area (Å²) in [5.41, 5.74) is 5.50. The van der Waals surface area contributed by atoms with Gasteiger partial charge in [-0.2, -0.15) is 0 Å². The zero-order valence-electron chi connectivity index (χ0n) is 27.1. The molecule has 0 N–H and O–H groups in total. The molecule has 4 aromatic heterocycles. The van der Waals surface area contributed by atoms with E-state index in [1.54, 1.807) is 31.6 Å². The molecule has 52 heavy (non-hydrogen) atoms. The summed E-state index contributed by atoms with van der Waals surface area (Å²) in [6, 6.07) is 9.92. The summed E-state index contributed by atoms with van der Waals surface area (Å²) in [5, 5.41) is 7.07. The molecule has 2 unspecified atom stereocenters. The van der Waals surface area contributed by atoms with Crippen LogP contribution in [-0.4, -0.2) is 57.9 Å². The second-order valence-corrected chi connectivity index (χ2v) is 18.5. The van der Waals surface area contributed by atoms with E-state index >= 15 is 0 Å². The topological polar surface area (TPSA) is 0 Å². The van der Waals surface area contributed by atoms with Gasteiger partial charge in [-0.3, -0.25) is 0 Å². The fraction of sp³-hybridized carbons (Fsp3) is 0.500. The average Bonchev–Trinajstić information content (AvgIpc) is 3.85. The van der Waals surface area contributed by atoms with Gasteiger partial charge in [-0.1, -0.05) is 156 Å². The Labute approximate surface area is 375 Å². The van der Waals surface area contributed by atoms with Crippen LogP contribution >= 0.6 is 67.2 Å². The first kappa shape index (κ1) is 54.0. The molecule has 0 saturated carbocycles. The molecule has 6 heterocycles. The van der Waals surface area contributed by atoms with Crippen LogP contribution in [0.4, 0.5) is 0 Å². The smallest absolute Gasteiger partial charge is 0.0533 e. The molecule has 0 fully saturated rings. The van der Waals surface area contributed by atoms with Gasteiger partial charge in [0, 0.05) is 121 Å². The minimum Gasteiger partial charge on any atom is -0.139 e. The molecule has 2 aliphatic heterocycles. The van der Waals surface area contributed by atoms with E-state index in [1.165, 1.54) is 124 Å². The van der Waals surface area contributed by atoms with Gasteiger partial charge in [0.25, 0.3) is 0 Å². The molecule has 7 rings (SSSR count). The fourth-order valence-electron chi connectivity index (χ4n) is 6.69. The fourth-order valence-corrected chi connectivity index (χ4v) is 13.8. The van der Waals surface area contributed by atoms with Crippen molar-refractivity contribution in [1.82, 2.24) is 0 Å². The Hall–Kier alpha value is -0.123. The van der Waals surface area contributed by atoms with E-state index < -0.39 is 0 Å². The summed E-state index contributed by atoms with van der Waals surface area (Å²) in [7, 11) is 3.56. The van der Waals surface area contributed by atoms with Crippen molar-refractivity contribution < 1.29 is 0 Å². The maximum atomic E-state index is 3.54. The summed E-state index contributed by atoms with van der Waals surface area (Å²) < 4.78 is 8.54. The third-order valence-corrected chi connectivity index (χ3v) is 15.7. The van der Waals surface area contributed by atoms with Crippen LogP contribution < -0.4 is 0 Å². The van der Waals surface area contributed by atoms with Crippen molar-refractivity contribution in [2.75, 3.05) is 0 Å². The van der Waals surface area contributed by atoms with Crippen LogP contribution in [0.5, 0.6) is 0 Å². The first-order chi connectivity index (χ1) is 21.6. The number of unbranched alkanes of at least 4 members (excludes halogenated alkanes) is 2. The SMILES string of the molecule is C.C.C.C.C.C.CCCCC(CC)Cc1cc2sc(-c3c4c(c(-c5cc6sc(CC(CC)CCCC)cc6s5)c5c3=S=C=C5)=S=C=C4)cc2s1.[Sn].[Sn]. The van der Waals surface area contributed by atoms with Crippen molar-refractivity contribution in [2.24, 2.45) is 11.8 Å². The Kier molecular flexibility index (Phi) is 25.4. The summed E-state index contributed by atoms with van der Waals surface area (Å²) in [6.45, 7) is 9.33. The Bertz CT molecular complexity index is 1930. The molecule has 2 atom stereocenters. The van der Waals surface area contributed by atoms with E-state index in [0.29, 0.717) is 0 Å². The molecule has 0 amide bonds. The van der Waals surface area contributed by atoms with E-state index in [9.17, 15) is 0 Å². The van der Waals surface area contributed by atoms with Crippen molar-refractivity contribution >= 4 is 156 Å². The van der Waals surface area contributed by atoms with Crippen LogP contribution in [0.3, 0.4) is 0 Å². The molecule has 1 aromatic carbocycles. The largest absolute Gasteiger partial charge is 0.139 e. The second-order valence-electron chi connectivity index (χ2n) is 12.3. The van der Waals surface area contributed by atoms with Gasteiger partial charge in [0.05, 0.1) is 9.02 Å². The van der Waals surface area contributed by atoms with Crippen LogP contribution in [0.2, 0.25) is 0 Å². The number of fused-ring (bicyclic) bond motifs is 4. The predicted molar refractivity (Wildman–Crippen MR) is 262 cm³/mol. The minimum atomic E-state index is 0. The van der Waals surface area contributed by atoms with Crippen LogP contribution in [0.25, 0.3) is 51.8 Å². The molecule has 284 valence electrons. The molecule has 0 bridgehead atoms.